The predicted molar refractivity (Wildman–Crippen MR) is 108 cm³/mol. The maximum atomic E-state index is 6.07. The molecule has 0 radical (unpaired) electrons. The van der Waals surface area contributed by atoms with Crippen LogP contribution < -0.4 is 10.6 Å². The van der Waals surface area contributed by atoms with E-state index in [9.17, 15) is 0 Å². The highest BCUT2D eigenvalue weighted by Gasteiger charge is 2.08. The van der Waals surface area contributed by atoms with Crippen LogP contribution in [0.15, 0.2) is 54.6 Å². The summed E-state index contributed by atoms with van der Waals surface area (Å²) in [6, 6.07) is 17.0. The Balaban J connectivity index is 1.93. The van der Waals surface area contributed by atoms with Gasteiger partial charge in [0, 0.05) is 41.0 Å². The summed E-state index contributed by atoms with van der Waals surface area (Å²) in [5, 5.41) is 7.48. The Labute approximate surface area is 162 Å². The van der Waals surface area contributed by atoms with E-state index < -0.39 is 0 Å². The molecular weight excluding hydrogens is 371 g/mol. The molecule has 0 atom stereocenters. The highest BCUT2D eigenvalue weighted by atomic mass is 35.5. The van der Waals surface area contributed by atoms with Gasteiger partial charge in [-0.15, -0.1) is 0 Å². The number of aromatic nitrogens is 2. The van der Waals surface area contributed by atoms with Crippen LogP contribution in [0.1, 0.15) is 0 Å². The van der Waals surface area contributed by atoms with E-state index in [1.165, 1.54) is 0 Å². The molecule has 26 heavy (non-hydrogen) atoms. The van der Waals surface area contributed by atoms with E-state index in [1.807, 2.05) is 36.4 Å². The largest absolute Gasteiger partial charge is 0.383 e. The fourth-order valence-electron chi connectivity index (χ4n) is 2.39. The lowest BCUT2D eigenvalue weighted by atomic mass is 10.1. The second-order valence-corrected chi connectivity index (χ2v) is 6.40. The Hall–Kier alpha value is -2.34. The summed E-state index contributed by atoms with van der Waals surface area (Å²) in [7, 11) is 1.66. The summed E-state index contributed by atoms with van der Waals surface area (Å²) < 4.78 is 5.08. The zero-order chi connectivity index (χ0) is 18.4. The number of benzene rings is 2. The number of methoxy groups -OCH3 is 1. The Morgan fingerprint density at radius 1 is 0.962 bits per heavy atom. The van der Waals surface area contributed by atoms with E-state index in [2.05, 4.69) is 20.6 Å². The molecule has 0 bridgehead atoms. The van der Waals surface area contributed by atoms with Gasteiger partial charge >= 0.3 is 0 Å². The average molecular weight is 389 g/mol. The molecule has 0 saturated carbocycles. The van der Waals surface area contributed by atoms with Crippen molar-refractivity contribution in [2.24, 2.45) is 0 Å². The van der Waals surface area contributed by atoms with E-state index in [4.69, 9.17) is 27.9 Å². The molecule has 0 fully saturated rings. The summed E-state index contributed by atoms with van der Waals surface area (Å²) in [5.41, 5.74) is 2.52. The number of hydrogen-bond donors (Lipinski definition) is 2. The maximum absolute atomic E-state index is 6.07. The third-order valence-electron chi connectivity index (χ3n) is 3.53. The van der Waals surface area contributed by atoms with Crippen LogP contribution in [-0.4, -0.2) is 30.2 Å². The van der Waals surface area contributed by atoms with Crippen LogP contribution in [0.5, 0.6) is 0 Å². The molecule has 0 aliphatic carbocycles. The number of anilines is 3. The summed E-state index contributed by atoms with van der Waals surface area (Å²) >= 11 is 12.1. The molecular formula is C19H18Cl2N4O. The highest BCUT2D eigenvalue weighted by molar-refractivity contribution is 6.35. The standard InChI is InChI=1S/C19H18Cl2N4O/c1-26-8-7-22-18-12-17(13-5-3-2-4-6-13)24-19(25-18)23-16-10-14(20)9-15(21)11-16/h2-6,9-12H,7-8H2,1H3,(H2,22,23,24,25). The molecule has 7 heteroatoms. The second-order valence-electron chi connectivity index (χ2n) is 5.53. The van der Waals surface area contributed by atoms with Crippen molar-refractivity contribution in [2.45, 2.75) is 0 Å². The Morgan fingerprint density at radius 2 is 1.69 bits per heavy atom. The van der Waals surface area contributed by atoms with Crippen molar-refractivity contribution in [1.29, 1.82) is 0 Å². The minimum Gasteiger partial charge on any atom is -0.383 e. The minimum absolute atomic E-state index is 0.449. The van der Waals surface area contributed by atoms with Gasteiger partial charge in [-0.05, 0) is 18.2 Å². The number of nitrogens with zero attached hydrogens (tertiary/aromatic N) is 2. The maximum Gasteiger partial charge on any atom is 0.229 e. The van der Waals surface area contributed by atoms with E-state index in [0.29, 0.717) is 35.0 Å². The van der Waals surface area contributed by atoms with Crippen LogP contribution >= 0.6 is 23.2 Å². The molecule has 3 aromatic rings. The van der Waals surface area contributed by atoms with E-state index in [1.54, 1.807) is 25.3 Å². The highest BCUT2D eigenvalue weighted by Crippen LogP contribution is 2.26. The van der Waals surface area contributed by atoms with Crippen molar-refractivity contribution >= 4 is 40.7 Å². The van der Waals surface area contributed by atoms with Gasteiger partial charge in [0.05, 0.1) is 12.3 Å². The van der Waals surface area contributed by atoms with Gasteiger partial charge in [-0.2, -0.15) is 4.98 Å². The van der Waals surface area contributed by atoms with Crippen molar-refractivity contribution in [3.63, 3.8) is 0 Å². The molecule has 0 aliphatic rings. The van der Waals surface area contributed by atoms with E-state index in [-0.39, 0.29) is 0 Å². The molecule has 0 aliphatic heterocycles. The minimum atomic E-state index is 0.449. The van der Waals surface area contributed by atoms with Gasteiger partial charge in [0.25, 0.3) is 0 Å². The lowest BCUT2D eigenvalue weighted by Crippen LogP contribution is -2.10. The lowest BCUT2D eigenvalue weighted by molar-refractivity contribution is 0.210. The molecule has 5 nitrogen and oxygen atoms in total. The Bertz CT molecular complexity index is 854. The van der Waals surface area contributed by atoms with E-state index in [0.717, 1.165) is 16.9 Å². The fourth-order valence-corrected chi connectivity index (χ4v) is 2.91. The monoisotopic (exact) mass is 388 g/mol. The number of nitrogens with one attached hydrogen (secondary N) is 2. The van der Waals surface area contributed by atoms with Crippen LogP contribution in [0.25, 0.3) is 11.3 Å². The normalized spacial score (nSPS) is 10.6. The van der Waals surface area contributed by atoms with Crippen molar-refractivity contribution < 1.29 is 4.74 Å². The SMILES string of the molecule is COCCNc1cc(-c2ccccc2)nc(Nc2cc(Cl)cc(Cl)c2)n1. The number of rotatable bonds is 7. The zero-order valence-corrected chi connectivity index (χ0v) is 15.7. The fraction of sp³-hybridized carbons (Fsp3) is 0.158. The third-order valence-corrected chi connectivity index (χ3v) is 3.96. The van der Waals surface area contributed by atoms with Crippen LogP contribution in [-0.2, 0) is 4.74 Å². The van der Waals surface area contributed by atoms with Crippen molar-refractivity contribution in [3.8, 4) is 11.3 Å². The molecule has 0 unspecified atom stereocenters. The van der Waals surface area contributed by atoms with Gasteiger partial charge in [-0.25, -0.2) is 4.98 Å². The summed E-state index contributed by atoms with van der Waals surface area (Å²) in [4.78, 5) is 9.12. The first-order valence-corrected chi connectivity index (χ1v) is 8.80. The summed E-state index contributed by atoms with van der Waals surface area (Å²) in [6.45, 7) is 1.22. The van der Waals surface area contributed by atoms with Gasteiger partial charge in [0.1, 0.15) is 5.82 Å². The van der Waals surface area contributed by atoms with Crippen LogP contribution in [0.3, 0.4) is 0 Å². The zero-order valence-electron chi connectivity index (χ0n) is 14.2. The van der Waals surface area contributed by atoms with E-state index >= 15 is 0 Å². The molecule has 0 spiro atoms. The molecule has 1 aromatic heterocycles. The molecule has 2 aromatic carbocycles. The van der Waals surface area contributed by atoms with Crippen molar-refractivity contribution in [3.05, 3.63) is 64.6 Å². The predicted octanol–water partition coefficient (Wildman–Crippen LogP) is 5.25. The third kappa shape index (κ3) is 5.08. The number of hydrogen-bond acceptors (Lipinski definition) is 5. The quantitative estimate of drug-likeness (QED) is 0.541. The summed E-state index contributed by atoms with van der Waals surface area (Å²) in [6.07, 6.45) is 0. The molecule has 0 saturated heterocycles. The van der Waals surface area contributed by atoms with Crippen LogP contribution in [0, 0.1) is 0 Å². The Morgan fingerprint density at radius 3 is 2.38 bits per heavy atom. The van der Waals surface area contributed by atoms with Gasteiger partial charge in [-0.1, -0.05) is 53.5 Å². The topological polar surface area (TPSA) is 59.1 Å². The van der Waals surface area contributed by atoms with Gasteiger partial charge in [-0.3, -0.25) is 0 Å². The number of ether oxygens (including phenoxy) is 1. The first-order chi connectivity index (χ1) is 12.6. The molecule has 1 heterocycles. The first kappa shape index (κ1) is 18.5. The first-order valence-electron chi connectivity index (χ1n) is 8.04. The van der Waals surface area contributed by atoms with Crippen LogP contribution in [0.4, 0.5) is 17.5 Å². The van der Waals surface area contributed by atoms with Crippen molar-refractivity contribution in [2.75, 3.05) is 30.9 Å². The Kier molecular flexibility index (Phi) is 6.28. The van der Waals surface area contributed by atoms with Gasteiger partial charge in [0.15, 0.2) is 0 Å². The van der Waals surface area contributed by atoms with Crippen molar-refractivity contribution in [1.82, 2.24) is 9.97 Å². The lowest BCUT2D eigenvalue weighted by Gasteiger charge is -2.12. The number of halogens is 2. The van der Waals surface area contributed by atoms with Gasteiger partial charge in [0.2, 0.25) is 5.95 Å². The van der Waals surface area contributed by atoms with Crippen LogP contribution in [0.2, 0.25) is 10.0 Å². The molecule has 2 N–H and O–H groups in total. The molecule has 0 amide bonds. The molecule has 134 valence electrons. The average Bonchev–Trinajstić information content (AvgIpc) is 2.62. The summed E-state index contributed by atoms with van der Waals surface area (Å²) in [5.74, 6) is 1.15. The smallest absolute Gasteiger partial charge is 0.229 e. The van der Waals surface area contributed by atoms with Gasteiger partial charge < -0.3 is 15.4 Å². The second kappa shape index (κ2) is 8.85. The molecule has 3 rings (SSSR count).